The van der Waals surface area contributed by atoms with Crippen molar-refractivity contribution < 1.29 is 27.3 Å². The van der Waals surface area contributed by atoms with Crippen molar-refractivity contribution in [1.29, 1.82) is 0 Å². The van der Waals surface area contributed by atoms with Crippen molar-refractivity contribution in [3.8, 4) is 0 Å². The molecule has 0 saturated carbocycles. The van der Waals surface area contributed by atoms with Crippen molar-refractivity contribution >= 4 is 95.5 Å². The second kappa shape index (κ2) is 8.93. The predicted molar refractivity (Wildman–Crippen MR) is 103 cm³/mol. The van der Waals surface area contributed by atoms with Gasteiger partial charge in [-0.1, -0.05) is 0 Å². The third-order valence-corrected chi connectivity index (χ3v) is 7.76. The van der Waals surface area contributed by atoms with Crippen molar-refractivity contribution in [2.45, 2.75) is 6.42 Å². The first-order chi connectivity index (χ1) is 10.1. The normalized spacial score (nSPS) is 11.1. The lowest BCUT2D eigenvalue weighted by molar-refractivity contribution is -0.144. The molecule has 0 aromatic heterocycles. The molecule has 0 unspecified atom stereocenters. The minimum absolute atomic E-state index is 0.550. The molecule has 0 aliphatic heterocycles. The summed E-state index contributed by atoms with van der Waals surface area (Å²) < 4.78 is 38.5. The van der Waals surface area contributed by atoms with Crippen molar-refractivity contribution in [3.63, 3.8) is 0 Å². The third kappa shape index (κ3) is 7.69. The minimum Gasteiger partial charge on any atom is -0.748 e. The van der Waals surface area contributed by atoms with Gasteiger partial charge in [-0.3, -0.25) is 9.59 Å². The predicted octanol–water partition coefficient (Wildman–Crippen LogP) is 1.92. The van der Waals surface area contributed by atoms with Gasteiger partial charge in [-0.15, -0.1) is 0 Å². The van der Waals surface area contributed by atoms with Crippen LogP contribution in [0.25, 0.3) is 0 Å². The molecule has 0 bridgehead atoms. The van der Waals surface area contributed by atoms with E-state index in [2.05, 4.69) is 77.8 Å². The molecule has 0 atom stereocenters. The van der Waals surface area contributed by atoms with Gasteiger partial charge in [0.1, 0.15) is 13.0 Å². The molecule has 0 heterocycles. The average molecular weight is 664 g/mol. The van der Waals surface area contributed by atoms with Crippen LogP contribution in [-0.4, -0.2) is 37.2 Å². The van der Waals surface area contributed by atoms with E-state index in [1.54, 1.807) is 12.1 Å². The Hall–Kier alpha value is 0.260. The Labute approximate surface area is 168 Å². The molecule has 7 nitrogen and oxygen atoms in total. The maximum absolute atomic E-state index is 11.7. The van der Waals surface area contributed by atoms with Crippen molar-refractivity contribution in [1.82, 2.24) is 0 Å². The van der Waals surface area contributed by atoms with Crippen molar-refractivity contribution in [3.05, 3.63) is 22.8 Å². The lowest BCUT2D eigenvalue weighted by Crippen LogP contribution is -2.20. The number of rotatable bonds is 6. The molecular formula is C11H9I3NO6S-. The molecule has 0 spiro atoms. The summed E-state index contributed by atoms with van der Waals surface area (Å²) >= 11 is 6.45. The summed E-state index contributed by atoms with van der Waals surface area (Å²) in [6, 6.07) is 3.52. The summed E-state index contributed by atoms with van der Waals surface area (Å²) in [7, 11) is -4.44. The average Bonchev–Trinajstić information content (AvgIpc) is 2.33. The Morgan fingerprint density at radius 2 is 1.73 bits per heavy atom. The fraction of sp³-hybridized carbons (Fsp3) is 0.273. The smallest absolute Gasteiger partial charge is 0.315 e. The first-order valence-electron chi connectivity index (χ1n) is 5.62. The molecule has 0 aliphatic carbocycles. The number of ether oxygens (including phenoxy) is 1. The highest BCUT2D eigenvalue weighted by molar-refractivity contribution is 14.1. The molecule has 1 aromatic rings. The topological polar surface area (TPSA) is 113 Å². The number of halogens is 3. The van der Waals surface area contributed by atoms with Crippen LogP contribution < -0.4 is 5.32 Å². The van der Waals surface area contributed by atoms with Gasteiger partial charge in [-0.2, -0.15) is 0 Å². The zero-order valence-electron chi connectivity index (χ0n) is 10.8. The van der Waals surface area contributed by atoms with Crippen LogP contribution in [0, 0.1) is 10.7 Å². The summed E-state index contributed by atoms with van der Waals surface area (Å²) in [4.78, 5) is 23.0. The highest BCUT2D eigenvalue weighted by Gasteiger charge is 2.13. The first kappa shape index (κ1) is 20.3. The van der Waals surface area contributed by atoms with Crippen LogP contribution >= 0.6 is 67.8 Å². The Morgan fingerprint density at radius 3 is 2.23 bits per heavy atom. The van der Waals surface area contributed by atoms with Gasteiger partial charge >= 0.3 is 5.97 Å². The van der Waals surface area contributed by atoms with Crippen LogP contribution in [-0.2, 0) is 24.4 Å². The fourth-order valence-corrected chi connectivity index (χ4v) is 3.64. The van der Waals surface area contributed by atoms with Gasteiger partial charge in [0.25, 0.3) is 0 Å². The lowest BCUT2D eigenvalue weighted by Gasteiger charge is -2.09. The van der Waals surface area contributed by atoms with Gasteiger partial charge in [0.05, 0.1) is 15.9 Å². The monoisotopic (exact) mass is 664 g/mol. The van der Waals surface area contributed by atoms with E-state index in [9.17, 15) is 22.6 Å². The molecule has 0 saturated heterocycles. The number of hydrogen-bond acceptors (Lipinski definition) is 6. The first-order valence-corrected chi connectivity index (χ1v) is 10.4. The molecule has 1 aromatic carbocycles. The number of amides is 1. The maximum atomic E-state index is 11.7. The summed E-state index contributed by atoms with van der Waals surface area (Å²) in [5.74, 6) is -2.28. The molecule has 22 heavy (non-hydrogen) atoms. The minimum atomic E-state index is -4.44. The number of carbonyl (C=O) groups is 2. The molecule has 1 rings (SSSR count). The van der Waals surface area contributed by atoms with E-state index >= 15 is 0 Å². The second-order valence-electron chi connectivity index (χ2n) is 3.96. The van der Waals surface area contributed by atoms with Crippen molar-refractivity contribution in [2.24, 2.45) is 0 Å². The summed E-state index contributed by atoms with van der Waals surface area (Å²) in [5.41, 5.74) is 0.550. The number of esters is 1. The fourth-order valence-electron chi connectivity index (χ4n) is 1.27. The molecule has 0 aliphatic rings. The highest BCUT2D eigenvalue weighted by Crippen LogP contribution is 2.25. The van der Waals surface area contributed by atoms with E-state index < -0.39 is 40.8 Å². The molecule has 0 radical (unpaired) electrons. The number of anilines is 1. The number of carbonyl (C=O) groups excluding carboxylic acids is 2. The molecule has 122 valence electrons. The van der Waals surface area contributed by atoms with Gasteiger partial charge in [0, 0.05) is 16.4 Å². The van der Waals surface area contributed by atoms with E-state index in [1.807, 2.05) is 0 Å². The third-order valence-electron chi connectivity index (χ3n) is 2.17. The van der Waals surface area contributed by atoms with Crippen LogP contribution in [0.3, 0.4) is 0 Å². The Morgan fingerprint density at radius 1 is 1.18 bits per heavy atom. The van der Waals surface area contributed by atoms with E-state index in [1.165, 1.54) is 0 Å². The van der Waals surface area contributed by atoms with E-state index in [-0.39, 0.29) is 0 Å². The Balaban J connectivity index is 2.51. The van der Waals surface area contributed by atoms with Crippen LogP contribution in [0.5, 0.6) is 0 Å². The van der Waals surface area contributed by atoms with E-state index in [0.29, 0.717) is 5.69 Å². The summed E-state index contributed by atoms with van der Waals surface area (Å²) in [6.07, 6.45) is -0.557. The maximum Gasteiger partial charge on any atom is 0.315 e. The lowest BCUT2D eigenvalue weighted by atomic mass is 10.3. The molecule has 1 amide bonds. The zero-order chi connectivity index (χ0) is 16.9. The largest absolute Gasteiger partial charge is 0.748 e. The molecular weight excluding hydrogens is 655 g/mol. The second-order valence-corrected chi connectivity index (χ2v) is 8.89. The number of nitrogens with one attached hydrogen (secondary N) is 1. The molecule has 0 fully saturated rings. The van der Waals surface area contributed by atoms with Gasteiger partial charge in [0.2, 0.25) is 5.91 Å². The quantitative estimate of drug-likeness (QED) is 0.164. The van der Waals surface area contributed by atoms with Crippen LogP contribution in [0.1, 0.15) is 6.42 Å². The Kier molecular flexibility index (Phi) is 8.24. The van der Waals surface area contributed by atoms with E-state index in [0.717, 1.165) is 10.7 Å². The SMILES string of the molecule is O=C(CC(=O)OCCS(=O)(=O)[O-])Nc1cc(I)c(I)c(I)c1. The van der Waals surface area contributed by atoms with Gasteiger partial charge < -0.3 is 14.6 Å². The van der Waals surface area contributed by atoms with Crippen LogP contribution in [0.4, 0.5) is 5.69 Å². The van der Waals surface area contributed by atoms with Crippen LogP contribution in [0.2, 0.25) is 0 Å². The number of hydrogen-bond donors (Lipinski definition) is 1. The standard InChI is InChI=1S/C11H10I3NO6S/c12-7-3-6(4-8(13)11(7)14)15-9(16)5-10(17)21-1-2-22(18,19)20/h3-4H,1-2,5H2,(H,15,16)(H,18,19,20)/p-1. The van der Waals surface area contributed by atoms with Gasteiger partial charge in [-0.05, 0) is 79.9 Å². The van der Waals surface area contributed by atoms with Gasteiger partial charge in [0.15, 0.2) is 0 Å². The van der Waals surface area contributed by atoms with E-state index in [4.69, 9.17) is 0 Å². The highest BCUT2D eigenvalue weighted by atomic mass is 127. The van der Waals surface area contributed by atoms with Crippen LogP contribution in [0.15, 0.2) is 12.1 Å². The van der Waals surface area contributed by atoms with Gasteiger partial charge in [-0.25, -0.2) is 8.42 Å². The molecule has 1 N–H and O–H groups in total. The Bertz CT molecular complexity index is 668. The summed E-state index contributed by atoms with van der Waals surface area (Å²) in [5, 5.41) is 2.56. The zero-order valence-corrected chi connectivity index (χ0v) is 18.1. The van der Waals surface area contributed by atoms with Crippen molar-refractivity contribution in [2.75, 3.05) is 17.7 Å². The summed E-state index contributed by atoms with van der Waals surface area (Å²) in [6.45, 7) is -0.558. The molecule has 11 heteroatoms. The number of benzene rings is 1.